The van der Waals surface area contributed by atoms with E-state index in [9.17, 15) is 4.79 Å². The molecule has 4 aromatic rings. The van der Waals surface area contributed by atoms with E-state index in [4.69, 9.17) is 16.6 Å². The maximum absolute atomic E-state index is 12.8. The van der Waals surface area contributed by atoms with Crippen molar-refractivity contribution in [2.45, 2.75) is 0 Å². The van der Waals surface area contributed by atoms with Crippen LogP contribution < -0.4 is 5.43 Å². The summed E-state index contributed by atoms with van der Waals surface area (Å²) in [6.07, 6.45) is 1.58. The summed E-state index contributed by atoms with van der Waals surface area (Å²) in [6, 6.07) is 26.4. The highest BCUT2D eigenvalue weighted by Gasteiger charge is 2.13. The van der Waals surface area contributed by atoms with Crippen molar-refractivity contribution in [2.24, 2.45) is 5.10 Å². The van der Waals surface area contributed by atoms with Crippen LogP contribution in [0.2, 0.25) is 5.02 Å². The maximum atomic E-state index is 12.8. The van der Waals surface area contributed by atoms with Gasteiger partial charge >= 0.3 is 0 Å². The Morgan fingerprint density at radius 2 is 1.64 bits per heavy atom. The van der Waals surface area contributed by atoms with Gasteiger partial charge in [-0.15, -0.1) is 0 Å². The van der Waals surface area contributed by atoms with Gasteiger partial charge in [-0.05, 0) is 29.8 Å². The highest BCUT2D eigenvalue weighted by atomic mass is 35.5. The van der Waals surface area contributed by atoms with Crippen molar-refractivity contribution in [1.82, 2.24) is 10.4 Å². The average molecular weight is 386 g/mol. The van der Waals surface area contributed by atoms with E-state index in [2.05, 4.69) is 10.5 Å². The molecule has 0 saturated heterocycles. The van der Waals surface area contributed by atoms with E-state index in [1.165, 1.54) is 0 Å². The molecule has 0 spiro atoms. The number of nitrogens with zero attached hydrogens (tertiary/aromatic N) is 2. The number of amides is 1. The standard InChI is InChI=1S/C23H16ClN3O/c24-18-12-10-16(11-13-18)15-25-27-23(28)20-14-22(17-6-2-1-3-7-17)26-21-9-5-4-8-19(20)21/h1-15H,(H,27,28)/b25-15+. The molecule has 1 heterocycles. The summed E-state index contributed by atoms with van der Waals surface area (Å²) < 4.78 is 0. The number of halogens is 1. The number of carbonyl (C=O) groups is 1. The van der Waals surface area contributed by atoms with Gasteiger partial charge < -0.3 is 0 Å². The monoisotopic (exact) mass is 385 g/mol. The van der Waals surface area contributed by atoms with Crippen LogP contribution in [0.25, 0.3) is 22.2 Å². The molecule has 4 rings (SSSR count). The molecule has 0 aliphatic heterocycles. The molecule has 0 fully saturated rings. The molecule has 0 aliphatic carbocycles. The molecular formula is C23H16ClN3O. The van der Waals surface area contributed by atoms with E-state index in [-0.39, 0.29) is 5.91 Å². The van der Waals surface area contributed by atoms with Crippen molar-refractivity contribution in [3.05, 3.63) is 101 Å². The largest absolute Gasteiger partial charge is 0.272 e. The van der Waals surface area contributed by atoms with Gasteiger partial charge in [0, 0.05) is 16.0 Å². The van der Waals surface area contributed by atoms with Gasteiger partial charge in [-0.1, -0.05) is 72.3 Å². The zero-order chi connectivity index (χ0) is 19.3. The zero-order valence-electron chi connectivity index (χ0n) is 14.8. The van der Waals surface area contributed by atoms with Crippen molar-refractivity contribution in [2.75, 3.05) is 0 Å². The second-order valence-corrected chi connectivity index (χ2v) is 6.63. The lowest BCUT2D eigenvalue weighted by Gasteiger charge is -2.09. The van der Waals surface area contributed by atoms with Gasteiger partial charge in [0.25, 0.3) is 5.91 Å². The van der Waals surface area contributed by atoms with Crippen LogP contribution >= 0.6 is 11.6 Å². The Labute approximate surface area is 167 Å². The fourth-order valence-corrected chi connectivity index (χ4v) is 3.02. The summed E-state index contributed by atoms with van der Waals surface area (Å²) in [5.74, 6) is -0.291. The molecule has 1 aromatic heterocycles. The molecule has 1 N–H and O–H groups in total. The van der Waals surface area contributed by atoms with Crippen molar-refractivity contribution in [3.63, 3.8) is 0 Å². The van der Waals surface area contributed by atoms with Crippen LogP contribution in [0.5, 0.6) is 0 Å². The molecule has 4 nitrogen and oxygen atoms in total. The van der Waals surface area contributed by atoms with Crippen LogP contribution in [-0.4, -0.2) is 17.1 Å². The first kappa shape index (κ1) is 17.9. The second-order valence-electron chi connectivity index (χ2n) is 6.19. The number of rotatable bonds is 4. The molecule has 0 bridgehead atoms. The van der Waals surface area contributed by atoms with Gasteiger partial charge in [0.2, 0.25) is 0 Å². The predicted octanol–water partition coefficient (Wildman–Crippen LogP) is 5.32. The van der Waals surface area contributed by atoms with Crippen LogP contribution in [0.1, 0.15) is 15.9 Å². The lowest BCUT2D eigenvalue weighted by molar-refractivity contribution is 0.0957. The Morgan fingerprint density at radius 1 is 0.929 bits per heavy atom. The van der Waals surface area contributed by atoms with Crippen molar-refractivity contribution < 1.29 is 4.79 Å². The first-order valence-corrected chi connectivity index (χ1v) is 9.13. The number of benzene rings is 3. The fraction of sp³-hybridized carbons (Fsp3) is 0. The summed E-state index contributed by atoms with van der Waals surface area (Å²) in [4.78, 5) is 17.5. The molecular weight excluding hydrogens is 370 g/mol. The third-order valence-corrected chi connectivity index (χ3v) is 4.53. The first-order chi connectivity index (χ1) is 13.7. The van der Waals surface area contributed by atoms with Gasteiger partial charge in [0.05, 0.1) is 23.0 Å². The Bertz CT molecular complexity index is 1160. The van der Waals surface area contributed by atoms with Gasteiger partial charge in [0.1, 0.15) is 0 Å². The molecule has 0 unspecified atom stereocenters. The minimum absolute atomic E-state index is 0.291. The topological polar surface area (TPSA) is 54.4 Å². The van der Waals surface area contributed by atoms with Gasteiger partial charge in [-0.3, -0.25) is 4.79 Å². The van der Waals surface area contributed by atoms with Crippen LogP contribution in [0.4, 0.5) is 0 Å². The quantitative estimate of drug-likeness (QED) is 0.382. The highest BCUT2D eigenvalue weighted by molar-refractivity contribution is 6.30. The average Bonchev–Trinajstić information content (AvgIpc) is 2.75. The van der Waals surface area contributed by atoms with E-state index in [1.807, 2.05) is 66.7 Å². The van der Waals surface area contributed by atoms with Crippen molar-refractivity contribution >= 4 is 34.6 Å². The lowest BCUT2D eigenvalue weighted by atomic mass is 10.0. The first-order valence-electron chi connectivity index (χ1n) is 8.75. The van der Waals surface area contributed by atoms with Gasteiger partial charge in [-0.2, -0.15) is 5.10 Å². The number of hydrazone groups is 1. The minimum atomic E-state index is -0.291. The molecule has 5 heteroatoms. The number of aromatic nitrogens is 1. The number of para-hydroxylation sites is 1. The van der Waals surface area contributed by atoms with Crippen LogP contribution in [0.15, 0.2) is 90.0 Å². The molecule has 0 atom stereocenters. The SMILES string of the molecule is O=C(N/N=C/c1ccc(Cl)cc1)c1cc(-c2ccccc2)nc2ccccc12. The Hall–Kier alpha value is -3.50. The van der Waals surface area contributed by atoms with Crippen molar-refractivity contribution in [3.8, 4) is 11.3 Å². The smallest absolute Gasteiger partial charge is 0.267 e. The van der Waals surface area contributed by atoms with Crippen LogP contribution in [0, 0.1) is 0 Å². The van der Waals surface area contributed by atoms with Gasteiger partial charge in [-0.25, -0.2) is 10.4 Å². The zero-order valence-corrected chi connectivity index (χ0v) is 15.6. The number of nitrogens with one attached hydrogen (secondary N) is 1. The number of hydrogen-bond acceptors (Lipinski definition) is 3. The molecule has 28 heavy (non-hydrogen) atoms. The normalized spacial score (nSPS) is 11.0. The van der Waals surface area contributed by atoms with Crippen LogP contribution in [-0.2, 0) is 0 Å². The Morgan fingerprint density at radius 3 is 2.43 bits per heavy atom. The molecule has 0 radical (unpaired) electrons. The summed E-state index contributed by atoms with van der Waals surface area (Å²) in [5, 5.41) is 5.50. The number of carbonyl (C=O) groups excluding carboxylic acids is 1. The van der Waals surface area contributed by atoms with E-state index in [0.29, 0.717) is 10.6 Å². The third-order valence-electron chi connectivity index (χ3n) is 4.28. The van der Waals surface area contributed by atoms with Crippen molar-refractivity contribution in [1.29, 1.82) is 0 Å². The Balaban J connectivity index is 1.66. The highest BCUT2D eigenvalue weighted by Crippen LogP contribution is 2.24. The van der Waals surface area contributed by atoms with E-state index in [0.717, 1.165) is 27.7 Å². The molecule has 3 aromatic carbocycles. The third kappa shape index (κ3) is 3.92. The minimum Gasteiger partial charge on any atom is -0.267 e. The molecule has 0 aliphatic rings. The molecule has 1 amide bonds. The number of fused-ring (bicyclic) bond motifs is 1. The van der Waals surface area contributed by atoms with Gasteiger partial charge in [0.15, 0.2) is 0 Å². The Kier molecular flexibility index (Phi) is 5.13. The summed E-state index contributed by atoms with van der Waals surface area (Å²) in [7, 11) is 0. The predicted molar refractivity (Wildman–Crippen MR) is 114 cm³/mol. The van der Waals surface area contributed by atoms with E-state index >= 15 is 0 Å². The molecule has 0 saturated carbocycles. The second kappa shape index (κ2) is 8.03. The maximum Gasteiger partial charge on any atom is 0.272 e. The molecule has 136 valence electrons. The summed E-state index contributed by atoms with van der Waals surface area (Å²) in [6.45, 7) is 0. The fourth-order valence-electron chi connectivity index (χ4n) is 2.89. The van der Waals surface area contributed by atoms with E-state index in [1.54, 1.807) is 24.4 Å². The summed E-state index contributed by atoms with van der Waals surface area (Å²) >= 11 is 5.88. The number of hydrogen-bond donors (Lipinski definition) is 1. The summed E-state index contributed by atoms with van der Waals surface area (Å²) in [5.41, 5.74) is 6.42. The van der Waals surface area contributed by atoms with E-state index < -0.39 is 0 Å². The number of pyridine rings is 1. The lowest BCUT2D eigenvalue weighted by Crippen LogP contribution is -2.18. The van der Waals surface area contributed by atoms with Crippen LogP contribution in [0.3, 0.4) is 0 Å².